The quantitative estimate of drug-likeness (QED) is 0.821. The highest BCUT2D eigenvalue weighted by Gasteiger charge is 2.21. The van der Waals surface area contributed by atoms with Gasteiger partial charge in [-0.05, 0) is 30.7 Å². The van der Waals surface area contributed by atoms with E-state index in [1.54, 1.807) is 17.0 Å². The lowest BCUT2D eigenvalue weighted by Crippen LogP contribution is -2.41. The van der Waals surface area contributed by atoms with E-state index in [1.165, 1.54) is 11.8 Å². The largest absolute Gasteiger partial charge is 0.378 e. The molecule has 2 aromatic carbocycles. The van der Waals surface area contributed by atoms with E-state index in [9.17, 15) is 9.59 Å². The first kappa shape index (κ1) is 18.5. The van der Waals surface area contributed by atoms with Crippen molar-refractivity contribution in [3.8, 4) is 0 Å². The monoisotopic (exact) mass is 370 g/mol. The second-order valence-corrected chi connectivity index (χ2v) is 7.07. The summed E-state index contributed by atoms with van der Waals surface area (Å²) in [6.07, 6.45) is 0. The van der Waals surface area contributed by atoms with E-state index in [-0.39, 0.29) is 11.8 Å². The van der Waals surface area contributed by atoms with Gasteiger partial charge in [-0.25, -0.2) is 0 Å². The number of anilines is 1. The average Bonchev–Trinajstić information content (AvgIpc) is 2.68. The number of ether oxygens (including phenoxy) is 1. The van der Waals surface area contributed by atoms with Crippen molar-refractivity contribution < 1.29 is 14.3 Å². The van der Waals surface area contributed by atoms with Gasteiger partial charge in [0.2, 0.25) is 5.91 Å². The van der Waals surface area contributed by atoms with Crippen LogP contribution in [0, 0.1) is 6.92 Å². The van der Waals surface area contributed by atoms with Gasteiger partial charge in [0.25, 0.3) is 5.91 Å². The Balaban J connectivity index is 1.65. The van der Waals surface area contributed by atoms with Crippen LogP contribution in [-0.2, 0) is 9.53 Å². The number of aryl methyl sites for hydroxylation is 1. The van der Waals surface area contributed by atoms with Crippen LogP contribution in [0.2, 0.25) is 0 Å². The lowest BCUT2D eigenvalue weighted by Gasteiger charge is -2.27. The van der Waals surface area contributed by atoms with Gasteiger partial charge >= 0.3 is 0 Å². The second-order valence-electron chi connectivity index (χ2n) is 6.05. The molecule has 1 fully saturated rings. The predicted octanol–water partition coefficient (Wildman–Crippen LogP) is 3.20. The van der Waals surface area contributed by atoms with Gasteiger partial charge in [0.15, 0.2) is 0 Å². The van der Waals surface area contributed by atoms with Crippen LogP contribution in [0.1, 0.15) is 15.9 Å². The van der Waals surface area contributed by atoms with E-state index in [0.29, 0.717) is 43.3 Å². The molecule has 5 nitrogen and oxygen atoms in total. The number of carbonyl (C=O) groups is 2. The van der Waals surface area contributed by atoms with Crippen LogP contribution < -0.4 is 5.32 Å². The molecule has 2 amide bonds. The van der Waals surface area contributed by atoms with Crippen molar-refractivity contribution in [1.29, 1.82) is 0 Å². The minimum atomic E-state index is -0.125. The molecule has 6 heteroatoms. The molecular weight excluding hydrogens is 348 g/mol. The molecule has 0 saturated carbocycles. The summed E-state index contributed by atoms with van der Waals surface area (Å²) in [5, 5.41) is 2.88. The molecular formula is C20H22N2O3S. The Hall–Kier alpha value is -2.31. The van der Waals surface area contributed by atoms with Crippen LogP contribution >= 0.6 is 11.8 Å². The Labute approximate surface area is 157 Å². The van der Waals surface area contributed by atoms with Crippen molar-refractivity contribution >= 4 is 29.3 Å². The number of amides is 2. The van der Waals surface area contributed by atoms with E-state index < -0.39 is 0 Å². The molecule has 3 rings (SSSR count). The number of carbonyl (C=O) groups excluding carboxylic acids is 2. The summed E-state index contributed by atoms with van der Waals surface area (Å²) in [6, 6.07) is 15.1. The van der Waals surface area contributed by atoms with Crippen molar-refractivity contribution in [1.82, 2.24) is 4.90 Å². The number of hydrogen-bond donors (Lipinski definition) is 1. The summed E-state index contributed by atoms with van der Waals surface area (Å²) in [4.78, 5) is 28.0. The fourth-order valence-electron chi connectivity index (χ4n) is 2.76. The van der Waals surface area contributed by atoms with E-state index in [1.807, 2.05) is 43.3 Å². The summed E-state index contributed by atoms with van der Waals surface area (Å²) >= 11 is 1.49. The second kappa shape index (κ2) is 8.87. The Morgan fingerprint density at radius 3 is 2.54 bits per heavy atom. The minimum absolute atomic E-state index is 0.0734. The maximum absolute atomic E-state index is 12.7. The highest BCUT2D eigenvalue weighted by Crippen LogP contribution is 2.23. The molecule has 0 aliphatic carbocycles. The highest BCUT2D eigenvalue weighted by molar-refractivity contribution is 8.00. The molecule has 2 aromatic rings. The molecule has 0 unspecified atom stereocenters. The number of rotatable bonds is 5. The molecule has 0 bridgehead atoms. The Bertz CT molecular complexity index is 788. The summed E-state index contributed by atoms with van der Waals surface area (Å²) in [5.74, 6) is 0.0986. The fourth-order valence-corrected chi connectivity index (χ4v) is 3.59. The predicted molar refractivity (Wildman–Crippen MR) is 104 cm³/mol. The summed E-state index contributed by atoms with van der Waals surface area (Å²) < 4.78 is 5.30. The van der Waals surface area contributed by atoms with Gasteiger partial charge in [0.05, 0.1) is 30.2 Å². The van der Waals surface area contributed by atoms with Gasteiger partial charge in [-0.2, -0.15) is 0 Å². The number of benzene rings is 2. The first-order valence-corrected chi connectivity index (χ1v) is 9.58. The normalized spacial score (nSPS) is 14.1. The maximum Gasteiger partial charge on any atom is 0.256 e. The van der Waals surface area contributed by atoms with Crippen molar-refractivity contribution in [2.75, 3.05) is 37.4 Å². The maximum atomic E-state index is 12.7. The number of nitrogens with zero attached hydrogens (tertiary/aromatic N) is 1. The molecule has 0 spiro atoms. The van der Waals surface area contributed by atoms with Gasteiger partial charge < -0.3 is 15.0 Å². The Morgan fingerprint density at radius 1 is 1.08 bits per heavy atom. The molecule has 1 heterocycles. The van der Waals surface area contributed by atoms with Gasteiger partial charge in [0, 0.05) is 18.0 Å². The van der Waals surface area contributed by atoms with Crippen LogP contribution in [0.25, 0.3) is 0 Å². The molecule has 136 valence electrons. The third kappa shape index (κ3) is 4.65. The molecule has 1 aliphatic rings. The topological polar surface area (TPSA) is 58.6 Å². The number of para-hydroxylation sites is 1. The first-order valence-electron chi connectivity index (χ1n) is 8.59. The van der Waals surface area contributed by atoms with Crippen LogP contribution in [-0.4, -0.2) is 48.8 Å². The smallest absolute Gasteiger partial charge is 0.256 e. The van der Waals surface area contributed by atoms with Gasteiger partial charge in [-0.1, -0.05) is 30.3 Å². The molecule has 1 N–H and O–H groups in total. The third-order valence-electron chi connectivity index (χ3n) is 4.18. The number of nitrogens with one attached hydrogen (secondary N) is 1. The van der Waals surface area contributed by atoms with Crippen LogP contribution in [0.15, 0.2) is 53.4 Å². The lowest BCUT2D eigenvalue weighted by molar-refractivity contribution is -0.113. The van der Waals surface area contributed by atoms with E-state index >= 15 is 0 Å². The molecule has 26 heavy (non-hydrogen) atoms. The number of hydrogen-bond acceptors (Lipinski definition) is 4. The van der Waals surface area contributed by atoms with Crippen LogP contribution in [0.5, 0.6) is 0 Å². The van der Waals surface area contributed by atoms with E-state index in [4.69, 9.17) is 4.74 Å². The van der Waals surface area contributed by atoms with E-state index in [0.717, 1.165) is 10.5 Å². The SMILES string of the molecule is Cc1ccccc1SCC(=O)Nc1ccccc1C(=O)N1CCOCC1. The van der Waals surface area contributed by atoms with Gasteiger partial charge in [-0.15, -0.1) is 11.8 Å². The van der Waals surface area contributed by atoms with Crippen LogP contribution in [0.4, 0.5) is 5.69 Å². The standard InChI is InChI=1S/C20H22N2O3S/c1-15-6-2-5-9-18(15)26-14-19(23)21-17-8-4-3-7-16(17)20(24)22-10-12-25-13-11-22/h2-9H,10-14H2,1H3,(H,21,23). The Morgan fingerprint density at radius 2 is 1.77 bits per heavy atom. The highest BCUT2D eigenvalue weighted by atomic mass is 32.2. The molecule has 1 aliphatic heterocycles. The summed E-state index contributed by atoms with van der Waals surface area (Å²) in [7, 11) is 0. The zero-order valence-electron chi connectivity index (χ0n) is 14.7. The average molecular weight is 370 g/mol. The molecule has 0 aromatic heterocycles. The molecule has 0 radical (unpaired) electrons. The number of thioether (sulfide) groups is 1. The minimum Gasteiger partial charge on any atom is -0.378 e. The summed E-state index contributed by atoms with van der Waals surface area (Å²) in [5.41, 5.74) is 2.22. The zero-order chi connectivity index (χ0) is 18.4. The molecule has 0 atom stereocenters. The Kier molecular flexibility index (Phi) is 6.30. The van der Waals surface area contributed by atoms with Gasteiger partial charge in [0.1, 0.15) is 0 Å². The van der Waals surface area contributed by atoms with Gasteiger partial charge in [-0.3, -0.25) is 9.59 Å². The van der Waals surface area contributed by atoms with E-state index in [2.05, 4.69) is 5.32 Å². The van der Waals surface area contributed by atoms with Crippen molar-refractivity contribution in [3.63, 3.8) is 0 Å². The van der Waals surface area contributed by atoms with Crippen LogP contribution in [0.3, 0.4) is 0 Å². The molecule has 1 saturated heterocycles. The van der Waals surface area contributed by atoms with Crippen molar-refractivity contribution in [3.05, 3.63) is 59.7 Å². The fraction of sp³-hybridized carbons (Fsp3) is 0.300. The third-order valence-corrected chi connectivity index (χ3v) is 5.36. The zero-order valence-corrected chi connectivity index (χ0v) is 15.6. The van der Waals surface area contributed by atoms with Crippen molar-refractivity contribution in [2.24, 2.45) is 0 Å². The summed E-state index contributed by atoms with van der Waals surface area (Å²) in [6.45, 7) is 4.27. The van der Waals surface area contributed by atoms with Crippen molar-refractivity contribution in [2.45, 2.75) is 11.8 Å². The first-order chi connectivity index (χ1) is 12.6. The lowest BCUT2D eigenvalue weighted by atomic mass is 10.1. The number of morpholine rings is 1.